The maximum absolute atomic E-state index is 13.1. The van der Waals surface area contributed by atoms with Crippen LogP contribution in [0.1, 0.15) is 11.5 Å². The van der Waals surface area contributed by atoms with Gasteiger partial charge in [-0.3, -0.25) is 14.5 Å². The number of tetrazole rings is 1. The van der Waals surface area contributed by atoms with E-state index >= 15 is 0 Å². The largest absolute Gasteiger partial charge is 1.00 e. The number of ether oxygens (including phenoxy) is 2. The molecule has 1 aromatic carbocycles. The molecular formula is C20H18N6Na2O9S. The number of hydrogen-bond donors (Lipinski definition) is 2. The molecule has 2 aliphatic heterocycles. The molecule has 18 heteroatoms. The molecule has 2 aliphatic rings. The molecule has 0 radical (unpaired) electrons. The number of carbonyl (C=O) groups is 4. The smallest absolute Gasteiger partial charge is 0.549 e. The van der Waals surface area contributed by atoms with Crippen LogP contribution in [0.2, 0.25) is 0 Å². The number of carbonyl (C=O) groups excluding carboxylic acids is 4. The Morgan fingerprint density at radius 2 is 1.95 bits per heavy atom. The number of β-lactam (4-membered cyclic amide) rings is 1. The van der Waals surface area contributed by atoms with Crippen LogP contribution in [0, 0.1) is 0 Å². The second kappa shape index (κ2) is 12.9. The van der Waals surface area contributed by atoms with Gasteiger partial charge in [-0.15, -0.1) is 5.10 Å². The number of aryl methyl sites for hydroxylation is 1. The quantitative estimate of drug-likeness (QED) is 0.0953. The third kappa shape index (κ3) is 5.78. The minimum Gasteiger partial charge on any atom is -0.549 e. The van der Waals surface area contributed by atoms with Crippen molar-refractivity contribution >= 4 is 35.5 Å². The molecule has 3 atom stereocenters. The number of phenolic OH excluding ortho intramolecular Hbond substituents is 1. The van der Waals surface area contributed by atoms with Crippen LogP contribution >= 0.6 is 11.8 Å². The number of amides is 2. The van der Waals surface area contributed by atoms with Gasteiger partial charge in [-0.05, 0) is 33.7 Å². The number of thioether (sulfide) groups is 1. The van der Waals surface area contributed by atoms with E-state index in [0.29, 0.717) is 5.16 Å². The summed E-state index contributed by atoms with van der Waals surface area (Å²) in [5.41, 5.74) is -2.50. The van der Waals surface area contributed by atoms with Crippen LogP contribution in [0.4, 0.5) is 0 Å². The van der Waals surface area contributed by atoms with Crippen molar-refractivity contribution in [3.8, 4) is 5.75 Å². The molecular weight excluding hydrogens is 546 g/mol. The van der Waals surface area contributed by atoms with Crippen LogP contribution in [0.5, 0.6) is 5.75 Å². The molecule has 0 saturated carbocycles. The Bertz CT molecular complexity index is 1270. The van der Waals surface area contributed by atoms with Crippen molar-refractivity contribution in [1.29, 1.82) is 0 Å². The van der Waals surface area contributed by atoms with E-state index in [2.05, 4.69) is 20.8 Å². The number of carboxylic acids is 2. The van der Waals surface area contributed by atoms with Crippen molar-refractivity contribution in [2.24, 2.45) is 7.05 Å². The number of nitrogens with zero attached hydrogens (tertiary/aromatic N) is 5. The van der Waals surface area contributed by atoms with Crippen LogP contribution in [-0.2, 0) is 35.7 Å². The topological polar surface area (TPSA) is 212 Å². The molecule has 0 spiro atoms. The second-order valence-corrected chi connectivity index (χ2v) is 8.67. The van der Waals surface area contributed by atoms with Gasteiger partial charge < -0.3 is 39.7 Å². The Morgan fingerprint density at radius 3 is 2.47 bits per heavy atom. The molecule has 3 heterocycles. The average molecular weight is 564 g/mol. The molecule has 1 fully saturated rings. The number of methoxy groups -OCH3 is 1. The zero-order valence-corrected chi connectivity index (χ0v) is 25.6. The van der Waals surface area contributed by atoms with Gasteiger partial charge in [0.25, 0.3) is 11.6 Å². The van der Waals surface area contributed by atoms with Gasteiger partial charge in [0.1, 0.15) is 11.7 Å². The summed E-state index contributed by atoms with van der Waals surface area (Å²) < 4.78 is 12.3. The number of benzene rings is 1. The van der Waals surface area contributed by atoms with E-state index in [4.69, 9.17) is 9.47 Å². The van der Waals surface area contributed by atoms with Gasteiger partial charge in [0, 0.05) is 19.9 Å². The summed E-state index contributed by atoms with van der Waals surface area (Å²) in [7, 11) is 2.67. The Labute approximate surface area is 263 Å². The molecule has 0 aliphatic carbocycles. The van der Waals surface area contributed by atoms with Crippen molar-refractivity contribution in [3.05, 3.63) is 41.1 Å². The number of aromatic hydroxyl groups is 1. The maximum Gasteiger partial charge on any atom is 1.00 e. The standard InChI is InChI=1S/C20H20N6O9S.2Na/c1-25-19(22-23-24-25)36-8-10-7-35-18-20(34-2,17(33)26(18)13(10)16(31)32)21-14(28)12(15(29)30)9-3-5-11(27)6-4-9;;/h3-6,12,18,27H,7-8H2,1-2H3,(H,21,28)(H,29,30)(H,31,32);;/q;2*+1/p-2/t12-,18-,20+;;/m1../s1. The summed E-state index contributed by atoms with van der Waals surface area (Å²) in [5, 5.41) is 46.7. The first-order valence-corrected chi connectivity index (χ1v) is 11.2. The Balaban J connectivity index is 0.00000253. The Morgan fingerprint density at radius 1 is 1.29 bits per heavy atom. The first-order valence-electron chi connectivity index (χ1n) is 10.2. The zero-order chi connectivity index (χ0) is 26.2. The number of nitrogens with one attached hydrogen (secondary N) is 1. The average Bonchev–Trinajstić information content (AvgIpc) is 3.25. The van der Waals surface area contributed by atoms with Gasteiger partial charge in [-0.25, -0.2) is 4.68 Å². The number of carboxylic acid groups (broad SMARTS) is 2. The van der Waals surface area contributed by atoms with Gasteiger partial charge in [0.05, 0.1) is 24.2 Å². The van der Waals surface area contributed by atoms with E-state index in [1.165, 1.54) is 28.9 Å². The summed E-state index contributed by atoms with van der Waals surface area (Å²) in [4.78, 5) is 50.5. The molecule has 2 amide bonds. The van der Waals surface area contributed by atoms with E-state index in [-0.39, 0.29) is 88.4 Å². The number of aliphatic carboxylic acids is 2. The van der Waals surface area contributed by atoms with Crippen molar-refractivity contribution in [1.82, 2.24) is 30.4 Å². The van der Waals surface area contributed by atoms with Crippen LogP contribution in [0.25, 0.3) is 0 Å². The molecule has 1 saturated heterocycles. The van der Waals surface area contributed by atoms with Gasteiger partial charge in [0.15, 0.2) is 6.23 Å². The van der Waals surface area contributed by atoms with Crippen LogP contribution in [0.15, 0.2) is 40.7 Å². The summed E-state index contributed by atoms with van der Waals surface area (Å²) in [6.07, 6.45) is -1.42. The predicted molar refractivity (Wildman–Crippen MR) is 112 cm³/mol. The van der Waals surface area contributed by atoms with Crippen molar-refractivity contribution in [2.75, 3.05) is 19.5 Å². The molecule has 4 rings (SSSR count). The van der Waals surface area contributed by atoms with Crippen molar-refractivity contribution < 1.29 is 103 Å². The van der Waals surface area contributed by atoms with Crippen LogP contribution in [-0.4, -0.2) is 85.4 Å². The molecule has 1 aromatic heterocycles. The molecule has 2 N–H and O–H groups in total. The van der Waals surface area contributed by atoms with Gasteiger partial charge >= 0.3 is 59.1 Å². The van der Waals surface area contributed by atoms with Gasteiger partial charge in [0.2, 0.25) is 11.1 Å². The van der Waals surface area contributed by atoms with Crippen LogP contribution < -0.4 is 74.6 Å². The molecule has 38 heavy (non-hydrogen) atoms. The molecule has 190 valence electrons. The molecule has 0 unspecified atom stereocenters. The third-order valence-corrected chi connectivity index (χ3v) is 6.71. The number of hydrogen-bond acceptors (Lipinski definition) is 13. The number of phenols is 1. The predicted octanol–water partition coefficient (Wildman–Crippen LogP) is -9.79. The van der Waals surface area contributed by atoms with E-state index in [9.17, 15) is 34.5 Å². The summed E-state index contributed by atoms with van der Waals surface area (Å²) in [6.45, 7) is -0.265. The fraction of sp³-hybridized carbons (Fsp3) is 0.350. The number of rotatable bonds is 9. The first-order chi connectivity index (χ1) is 17.1. The minimum absolute atomic E-state index is 0. The summed E-state index contributed by atoms with van der Waals surface area (Å²) in [5.74, 6) is -7.58. The van der Waals surface area contributed by atoms with E-state index in [1.54, 1.807) is 7.05 Å². The van der Waals surface area contributed by atoms with Crippen molar-refractivity contribution in [3.63, 3.8) is 0 Å². The Kier molecular flexibility index (Phi) is 10.9. The third-order valence-electron chi connectivity index (χ3n) is 5.62. The molecule has 0 bridgehead atoms. The number of fused-ring (bicyclic) bond motifs is 1. The fourth-order valence-electron chi connectivity index (χ4n) is 3.85. The minimum atomic E-state index is -2.20. The Hall–Kier alpha value is -2.02. The maximum atomic E-state index is 13.1. The first kappa shape index (κ1) is 32.2. The van der Waals surface area contributed by atoms with Crippen molar-refractivity contribution in [2.45, 2.75) is 23.0 Å². The SMILES string of the molecule is CO[C@@]1(NC(=O)[C@H](C(=O)[O-])c2ccc(O)cc2)C(=O)N2C(C(=O)[O-])=C(CSc3nnnn3C)CO[C@@H]21.[Na+].[Na+]. The molecule has 2 aromatic rings. The fourth-order valence-corrected chi connectivity index (χ4v) is 4.70. The number of aromatic nitrogens is 4. The van der Waals surface area contributed by atoms with E-state index in [0.717, 1.165) is 23.8 Å². The monoisotopic (exact) mass is 564 g/mol. The van der Waals surface area contributed by atoms with Gasteiger partial charge in [-0.1, -0.05) is 23.9 Å². The second-order valence-electron chi connectivity index (χ2n) is 7.72. The van der Waals surface area contributed by atoms with Crippen LogP contribution in [0.3, 0.4) is 0 Å². The summed E-state index contributed by atoms with van der Waals surface area (Å²) >= 11 is 1.10. The normalized spacial score (nSPS) is 20.8. The zero-order valence-electron chi connectivity index (χ0n) is 20.7. The van der Waals surface area contributed by atoms with E-state index < -0.39 is 47.3 Å². The van der Waals surface area contributed by atoms with E-state index in [1.807, 2.05) is 0 Å². The molecule has 15 nitrogen and oxygen atoms in total. The van der Waals surface area contributed by atoms with Gasteiger partial charge in [-0.2, -0.15) is 0 Å². The summed E-state index contributed by atoms with van der Waals surface area (Å²) in [6, 6.07) is 4.76.